The van der Waals surface area contributed by atoms with Gasteiger partial charge < -0.3 is 18.9 Å². The maximum Gasteiger partial charge on any atom is 0.305 e. The van der Waals surface area contributed by atoms with Crippen molar-refractivity contribution in [1.82, 2.24) is 0 Å². The van der Waals surface area contributed by atoms with Gasteiger partial charge in [-0.1, -0.05) is 141 Å². The number of rotatable bonds is 40. The van der Waals surface area contributed by atoms with Crippen LogP contribution in [0.2, 0.25) is 0 Å². The van der Waals surface area contributed by atoms with Crippen LogP contribution in [0.4, 0.5) is 0 Å². The minimum absolute atomic E-state index is 0.137. The van der Waals surface area contributed by atoms with Gasteiger partial charge in [-0.05, 0) is 113 Å². The van der Waals surface area contributed by atoms with E-state index in [2.05, 4.69) is 38.2 Å². The topological polar surface area (TPSA) is 105 Å². The van der Waals surface area contributed by atoms with E-state index in [-0.39, 0.29) is 48.2 Å². The molecule has 0 atom stereocenters. The van der Waals surface area contributed by atoms with E-state index in [9.17, 15) is 18.0 Å². The highest BCUT2D eigenvalue weighted by atomic mass is 32.2. The van der Waals surface area contributed by atoms with Crippen molar-refractivity contribution in [3.63, 3.8) is 0 Å². The van der Waals surface area contributed by atoms with Crippen LogP contribution in [0.3, 0.4) is 0 Å². The molecular formula is C52H82O8S. The summed E-state index contributed by atoms with van der Waals surface area (Å²) in [6.45, 7) is 5.15. The maximum atomic E-state index is 13.2. The molecule has 2 rings (SSSR count). The van der Waals surface area contributed by atoms with Crippen LogP contribution in [-0.2, 0) is 28.9 Å². The summed E-state index contributed by atoms with van der Waals surface area (Å²) >= 11 is 0. The molecule has 0 N–H and O–H groups in total. The van der Waals surface area contributed by atoms with Gasteiger partial charge in [-0.2, -0.15) is 0 Å². The molecule has 0 spiro atoms. The van der Waals surface area contributed by atoms with Crippen molar-refractivity contribution < 1.29 is 37.0 Å². The molecular weight excluding hydrogens is 785 g/mol. The molecule has 9 heteroatoms. The van der Waals surface area contributed by atoms with Crippen LogP contribution in [0.15, 0.2) is 82.6 Å². The number of benzene rings is 2. The first kappa shape index (κ1) is 53.5. The molecule has 0 heterocycles. The molecule has 0 aliphatic rings. The highest BCUT2D eigenvalue weighted by molar-refractivity contribution is 7.91. The van der Waals surface area contributed by atoms with Gasteiger partial charge in [0.2, 0.25) is 9.84 Å². The van der Waals surface area contributed by atoms with Gasteiger partial charge in [-0.25, -0.2) is 8.42 Å². The molecule has 344 valence electrons. The van der Waals surface area contributed by atoms with Gasteiger partial charge in [0.05, 0.1) is 9.79 Å². The minimum atomic E-state index is -3.75. The fourth-order valence-electron chi connectivity index (χ4n) is 7.02. The molecule has 8 nitrogen and oxygen atoms in total. The third kappa shape index (κ3) is 28.6. The molecule has 0 amide bonds. The molecule has 61 heavy (non-hydrogen) atoms. The van der Waals surface area contributed by atoms with Crippen LogP contribution in [0.25, 0.3) is 0 Å². The number of ether oxygens (including phenoxy) is 4. The summed E-state index contributed by atoms with van der Waals surface area (Å²) in [6, 6.07) is 12.4. The maximum absolute atomic E-state index is 13.2. The number of hydrogen-bond acceptors (Lipinski definition) is 8. The lowest BCUT2D eigenvalue weighted by molar-refractivity contribution is -0.145. The number of carbonyl (C=O) groups excluding carboxylic acids is 2. The van der Waals surface area contributed by atoms with E-state index in [1.165, 1.54) is 140 Å². The van der Waals surface area contributed by atoms with Gasteiger partial charge in [-0.3, -0.25) is 9.59 Å². The summed E-state index contributed by atoms with van der Waals surface area (Å²) in [5.74, 6) is 0.539. The van der Waals surface area contributed by atoms with Gasteiger partial charge >= 0.3 is 11.9 Å². The van der Waals surface area contributed by atoms with Crippen LogP contribution in [-0.4, -0.2) is 46.8 Å². The zero-order chi connectivity index (χ0) is 43.9. The number of carbonyl (C=O) groups is 2. The second-order valence-corrected chi connectivity index (χ2v) is 18.2. The summed E-state index contributed by atoms with van der Waals surface area (Å²) in [6.07, 6.45) is 41.7. The number of allylic oxidation sites excluding steroid dienone is 4. The average Bonchev–Trinajstić information content (AvgIpc) is 3.27. The van der Waals surface area contributed by atoms with Crippen molar-refractivity contribution in [3.8, 4) is 11.5 Å². The largest absolute Gasteiger partial charge is 0.490 e. The standard InChI is InChI=1S/C52H82O8S/c1-3-5-7-9-11-13-15-17-19-21-23-25-27-29-31-33-51(53)59-45-43-57-47-35-39-49(40-36-47)61(55,56)50-41-37-48(38-42-50)58-44-46-60-52(54)34-32-30-28-26-24-22-20-18-16-14-12-10-8-6-4-2/h17-20,35-42H,3-16,21-34,43-46H2,1-2H3/b19-17+,20-18+. The van der Waals surface area contributed by atoms with E-state index in [0.29, 0.717) is 24.3 Å². The first-order chi connectivity index (χ1) is 29.9. The Labute approximate surface area is 371 Å². The molecule has 2 aromatic rings. The molecule has 0 bridgehead atoms. The Balaban J connectivity index is 1.48. The predicted molar refractivity (Wildman–Crippen MR) is 250 cm³/mol. The Hall–Kier alpha value is -3.59. The lowest BCUT2D eigenvalue weighted by atomic mass is 10.1. The monoisotopic (exact) mass is 867 g/mol. The SMILES string of the molecule is CCCCCCCC/C=C/CCCCCCCC(=O)OCCOc1ccc(S(=O)(=O)c2ccc(OCCOC(=O)CCCCCCC/C=C/CCCCCCCC)cc2)cc1. The summed E-state index contributed by atoms with van der Waals surface area (Å²) in [7, 11) is -3.75. The van der Waals surface area contributed by atoms with Gasteiger partial charge in [0, 0.05) is 12.8 Å². The molecule has 0 radical (unpaired) electrons. The van der Waals surface area contributed by atoms with Gasteiger partial charge in [0.15, 0.2) is 0 Å². The Morgan fingerprint density at radius 2 is 0.705 bits per heavy atom. The Morgan fingerprint density at radius 3 is 1.03 bits per heavy atom. The van der Waals surface area contributed by atoms with Crippen molar-refractivity contribution in [2.24, 2.45) is 0 Å². The van der Waals surface area contributed by atoms with Crippen molar-refractivity contribution in [2.45, 2.75) is 203 Å². The molecule has 0 aliphatic carbocycles. The lowest BCUT2D eigenvalue weighted by Crippen LogP contribution is -2.12. The fraction of sp³-hybridized carbons (Fsp3) is 0.654. The first-order valence-corrected chi connectivity index (χ1v) is 25.7. The van der Waals surface area contributed by atoms with Crippen LogP contribution >= 0.6 is 0 Å². The number of esters is 2. The second-order valence-electron chi connectivity index (χ2n) is 16.3. The zero-order valence-corrected chi connectivity index (χ0v) is 39.0. The van der Waals surface area contributed by atoms with Crippen LogP contribution in [0.1, 0.15) is 194 Å². The second kappa shape index (κ2) is 37.0. The van der Waals surface area contributed by atoms with Gasteiger partial charge in [0.1, 0.15) is 37.9 Å². The van der Waals surface area contributed by atoms with Crippen LogP contribution in [0.5, 0.6) is 11.5 Å². The summed E-state index contributed by atoms with van der Waals surface area (Å²) in [5.41, 5.74) is 0. The van der Waals surface area contributed by atoms with Crippen molar-refractivity contribution in [3.05, 3.63) is 72.8 Å². The fourth-order valence-corrected chi connectivity index (χ4v) is 8.28. The number of sulfone groups is 1. The van der Waals surface area contributed by atoms with E-state index in [1.54, 1.807) is 24.3 Å². The van der Waals surface area contributed by atoms with Crippen molar-refractivity contribution in [2.75, 3.05) is 26.4 Å². The van der Waals surface area contributed by atoms with Crippen molar-refractivity contribution >= 4 is 21.8 Å². The Bertz CT molecular complexity index is 1420. The van der Waals surface area contributed by atoms with E-state index in [0.717, 1.165) is 51.4 Å². The Morgan fingerprint density at radius 1 is 0.410 bits per heavy atom. The van der Waals surface area contributed by atoms with Crippen molar-refractivity contribution in [1.29, 1.82) is 0 Å². The molecule has 0 saturated carbocycles. The summed E-state index contributed by atoms with van der Waals surface area (Å²) in [4.78, 5) is 24.5. The number of unbranched alkanes of at least 4 members (excludes halogenated alkanes) is 22. The quantitative estimate of drug-likeness (QED) is 0.0370. The van der Waals surface area contributed by atoms with E-state index in [1.807, 2.05) is 0 Å². The number of hydrogen-bond donors (Lipinski definition) is 0. The predicted octanol–water partition coefficient (Wildman–Crippen LogP) is 14.4. The normalized spacial score (nSPS) is 11.7. The van der Waals surface area contributed by atoms with Crippen LogP contribution in [0, 0.1) is 0 Å². The summed E-state index contributed by atoms with van der Waals surface area (Å²) in [5, 5.41) is 0. The van der Waals surface area contributed by atoms with Crippen LogP contribution < -0.4 is 9.47 Å². The van der Waals surface area contributed by atoms with E-state index < -0.39 is 9.84 Å². The van der Waals surface area contributed by atoms with Gasteiger partial charge in [-0.15, -0.1) is 0 Å². The molecule has 0 saturated heterocycles. The summed E-state index contributed by atoms with van der Waals surface area (Å²) < 4.78 is 48.4. The van der Waals surface area contributed by atoms with Gasteiger partial charge in [0.25, 0.3) is 0 Å². The van der Waals surface area contributed by atoms with E-state index in [4.69, 9.17) is 18.9 Å². The minimum Gasteiger partial charge on any atom is -0.490 e. The first-order valence-electron chi connectivity index (χ1n) is 24.2. The van der Waals surface area contributed by atoms with E-state index >= 15 is 0 Å². The highest BCUT2D eigenvalue weighted by Crippen LogP contribution is 2.25. The third-order valence-corrected chi connectivity index (χ3v) is 12.6. The highest BCUT2D eigenvalue weighted by Gasteiger charge is 2.18. The molecule has 0 aromatic heterocycles. The molecule has 2 aromatic carbocycles. The molecule has 0 fully saturated rings. The molecule has 0 unspecified atom stereocenters. The lowest BCUT2D eigenvalue weighted by Gasteiger charge is -2.10. The average molecular weight is 867 g/mol. The Kier molecular flexibility index (Phi) is 32.5. The molecule has 0 aliphatic heterocycles. The third-order valence-electron chi connectivity index (χ3n) is 10.8. The zero-order valence-electron chi connectivity index (χ0n) is 38.2. The smallest absolute Gasteiger partial charge is 0.305 e.